The van der Waals surface area contributed by atoms with Crippen molar-refractivity contribution in [1.29, 1.82) is 0 Å². The molecule has 2 N–H and O–H groups in total. The van der Waals surface area contributed by atoms with Gasteiger partial charge in [-0.05, 0) is 12.8 Å². The Balaban J connectivity index is 5.96. The summed E-state index contributed by atoms with van der Waals surface area (Å²) in [5.41, 5.74) is 5.97. The fourth-order valence-corrected chi connectivity index (χ4v) is 4.35. The molecule has 0 fully saturated rings. The summed E-state index contributed by atoms with van der Waals surface area (Å²) < 4.78 is 54.3. The van der Waals surface area contributed by atoms with E-state index in [0.717, 1.165) is 30.6 Å². The Morgan fingerprint density at radius 1 is 0.825 bits per heavy atom. The number of rotatable bonds is 19. The Hall–Kier alpha value is -2.57. The minimum atomic E-state index is -4.68. The molecule has 14 nitrogen and oxygen atoms in total. The summed E-state index contributed by atoms with van der Waals surface area (Å²) in [7, 11) is -2.09. The SMILES string of the molecule is CCCCCOC(=O)OC(OP(=O)(N=C(N)N(C)CC(=O)OC)OC(OC(=O)OCCCCC)C(C)C)C(C)C. The van der Waals surface area contributed by atoms with Crippen molar-refractivity contribution in [1.82, 2.24) is 4.90 Å². The molecule has 0 amide bonds. The van der Waals surface area contributed by atoms with Gasteiger partial charge in [0.25, 0.3) is 0 Å². The Morgan fingerprint density at radius 2 is 1.25 bits per heavy atom. The molecule has 0 saturated carbocycles. The summed E-state index contributed by atoms with van der Waals surface area (Å²) in [6.45, 7) is 10.5. The van der Waals surface area contributed by atoms with Crippen molar-refractivity contribution < 1.29 is 51.7 Å². The second-order valence-electron chi connectivity index (χ2n) is 9.64. The Bertz CT molecular complexity index is 795. The molecule has 15 heteroatoms. The molecule has 0 rings (SSSR count). The number of carbonyl (C=O) groups is 3. The highest BCUT2D eigenvalue weighted by Crippen LogP contribution is 2.54. The van der Waals surface area contributed by atoms with Crippen molar-refractivity contribution >= 4 is 32.0 Å². The lowest BCUT2D eigenvalue weighted by atomic mass is 10.2. The number of unbranched alkanes of at least 4 members (excludes halogenated alkanes) is 4. The molecule has 234 valence electrons. The van der Waals surface area contributed by atoms with Gasteiger partial charge in [-0.25, -0.2) is 23.2 Å². The lowest BCUT2D eigenvalue weighted by Crippen LogP contribution is -2.38. The fourth-order valence-electron chi connectivity index (χ4n) is 2.71. The molecular weight excluding hydrogens is 549 g/mol. The quantitative estimate of drug-likeness (QED) is 0.0392. The summed E-state index contributed by atoms with van der Waals surface area (Å²) in [4.78, 5) is 37.3. The van der Waals surface area contributed by atoms with Crippen LogP contribution in [0.4, 0.5) is 9.59 Å². The zero-order valence-electron chi connectivity index (χ0n) is 25.1. The molecule has 40 heavy (non-hydrogen) atoms. The second-order valence-corrected chi connectivity index (χ2v) is 11.2. The average Bonchev–Trinajstić information content (AvgIpc) is 2.88. The van der Waals surface area contributed by atoms with Crippen LogP contribution in [0.5, 0.6) is 0 Å². The lowest BCUT2D eigenvalue weighted by molar-refractivity contribution is -0.140. The maximum absolute atomic E-state index is 14.0. The molecule has 0 aromatic heterocycles. The fraction of sp³-hybridized carbons (Fsp3) is 0.840. The first kappa shape index (κ1) is 37.4. The van der Waals surface area contributed by atoms with Gasteiger partial charge in [0.15, 0.2) is 0 Å². The topological polar surface area (TPSA) is 175 Å². The molecule has 2 atom stereocenters. The third-order valence-corrected chi connectivity index (χ3v) is 6.53. The zero-order valence-corrected chi connectivity index (χ0v) is 26.0. The van der Waals surface area contributed by atoms with E-state index < -0.39 is 56.4 Å². The summed E-state index contributed by atoms with van der Waals surface area (Å²) >= 11 is 0. The zero-order chi connectivity index (χ0) is 30.7. The van der Waals surface area contributed by atoms with Crippen LogP contribution in [0.15, 0.2) is 4.76 Å². The molecule has 0 aromatic rings. The summed E-state index contributed by atoms with van der Waals surface area (Å²) in [6, 6.07) is 0. The third kappa shape index (κ3) is 16.5. The van der Waals surface area contributed by atoms with Crippen molar-refractivity contribution in [2.45, 2.75) is 92.6 Å². The molecule has 0 saturated heterocycles. The molecular formula is C25H48N3O11P. The number of methoxy groups -OCH3 is 1. The van der Waals surface area contributed by atoms with Gasteiger partial charge in [0, 0.05) is 18.9 Å². The molecule has 0 aromatic carbocycles. The first-order chi connectivity index (χ1) is 18.8. The summed E-state index contributed by atoms with van der Waals surface area (Å²) in [6.07, 6.45) is -0.0529. The smallest absolute Gasteiger partial charge is 0.468 e. The number of nitrogens with two attached hydrogens (primary N) is 1. The molecule has 0 heterocycles. The largest absolute Gasteiger partial charge is 0.510 e. The summed E-state index contributed by atoms with van der Waals surface area (Å²) in [5, 5.41) is 0. The standard InChI is InChI=1S/C25H48N3O11P/c1-9-11-13-15-34-24(30)36-21(18(3)4)38-40(32,27-23(26)28(7)17-20(29)33-8)39-22(19(5)6)37-25(31)35-16-14-12-10-2/h18-19,21-22H,9-17H2,1-8H3,(H2,26,27,32). The van der Waals surface area contributed by atoms with E-state index in [1.54, 1.807) is 27.7 Å². The minimum Gasteiger partial charge on any atom is -0.468 e. The van der Waals surface area contributed by atoms with Crippen molar-refractivity contribution in [3.63, 3.8) is 0 Å². The van der Waals surface area contributed by atoms with Crippen LogP contribution >= 0.6 is 7.75 Å². The first-order valence-corrected chi connectivity index (χ1v) is 15.0. The Morgan fingerprint density at radius 3 is 1.60 bits per heavy atom. The van der Waals surface area contributed by atoms with Crippen molar-refractivity contribution in [3.8, 4) is 0 Å². The van der Waals surface area contributed by atoms with E-state index in [-0.39, 0.29) is 19.8 Å². The van der Waals surface area contributed by atoms with E-state index >= 15 is 0 Å². The summed E-state index contributed by atoms with van der Waals surface area (Å²) in [5.74, 6) is -2.12. The molecule has 0 aliphatic rings. The van der Waals surface area contributed by atoms with Gasteiger partial charge in [-0.2, -0.15) is 0 Å². The van der Waals surface area contributed by atoms with Gasteiger partial charge in [-0.3, -0.25) is 4.79 Å². The minimum absolute atomic E-state index is 0.138. The molecule has 2 unspecified atom stereocenters. The number of esters is 1. The van der Waals surface area contributed by atoms with Crippen LogP contribution in [-0.2, 0) is 42.1 Å². The highest BCUT2D eigenvalue weighted by atomic mass is 31.2. The van der Waals surface area contributed by atoms with Gasteiger partial charge >= 0.3 is 26.0 Å². The van der Waals surface area contributed by atoms with Gasteiger partial charge in [-0.1, -0.05) is 67.2 Å². The van der Waals surface area contributed by atoms with Crippen LogP contribution in [0, 0.1) is 11.8 Å². The van der Waals surface area contributed by atoms with E-state index in [1.807, 2.05) is 13.8 Å². The average molecular weight is 598 g/mol. The van der Waals surface area contributed by atoms with Gasteiger partial charge in [0.1, 0.15) is 6.54 Å². The maximum atomic E-state index is 14.0. The Labute approximate surface area is 237 Å². The normalized spacial score (nSPS) is 14.7. The molecule has 0 spiro atoms. The van der Waals surface area contributed by atoms with E-state index in [2.05, 4.69) is 9.50 Å². The first-order valence-electron chi connectivity index (χ1n) is 13.6. The number of guanidine groups is 1. The van der Waals surface area contributed by atoms with Crippen molar-refractivity contribution in [2.24, 2.45) is 22.3 Å². The molecule has 0 radical (unpaired) electrons. The molecule has 0 bridgehead atoms. The van der Waals surface area contributed by atoms with Gasteiger partial charge in [-0.15, -0.1) is 4.76 Å². The van der Waals surface area contributed by atoms with Crippen LogP contribution in [0.1, 0.15) is 80.1 Å². The number of ether oxygens (including phenoxy) is 5. The number of carbonyl (C=O) groups excluding carboxylic acids is 3. The van der Waals surface area contributed by atoms with Crippen LogP contribution in [0.2, 0.25) is 0 Å². The second kappa shape index (κ2) is 20.3. The van der Waals surface area contributed by atoms with Gasteiger partial charge < -0.3 is 34.3 Å². The predicted octanol–water partition coefficient (Wildman–Crippen LogP) is 5.20. The van der Waals surface area contributed by atoms with Gasteiger partial charge in [0.2, 0.25) is 18.5 Å². The van der Waals surface area contributed by atoms with Crippen LogP contribution in [0.25, 0.3) is 0 Å². The number of likely N-dealkylation sites (N-methyl/N-ethyl adjacent to an activating group) is 1. The van der Waals surface area contributed by atoms with Crippen molar-refractivity contribution in [2.75, 3.05) is 33.9 Å². The maximum Gasteiger partial charge on any atom is 0.510 e. The van der Waals surface area contributed by atoms with Crippen molar-refractivity contribution in [3.05, 3.63) is 0 Å². The molecule has 0 aliphatic heterocycles. The Kier molecular flexibility index (Phi) is 19.0. The third-order valence-electron chi connectivity index (χ3n) is 5.13. The number of hydrogen-bond donors (Lipinski definition) is 1. The number of hydrogen-bond acceptors (Lipinski definition) is 11. The monoisotopic (exact) mass is 597 g/mol. The van der Waals surface area contributed by atoms with E-state index in [0.29, 0.717) is 12.8 Å². The van der Waals surface area contributed by atoms with Gasteiger partial charge in [0.05, 0.1) is 20.3 Å². The highest BCUT2D eigenvalue weighted by molar-refractivity contribution is 7.52. The van der Waals surface area contributed by atoms with E-state index in [4.69, 9.17) is 33.7 Å². The lowest BCUT2D eigenvalue weighted by Gasteiger charge is -2.28. The number of nitrogens with zero attached hydrogens (tertiary/aromatic N) is 2. The van der Waals surface area contributed by atoms with E-state index in [9.17, 15) is 18.9 Å². The predicted molar refractivity (Wildman–Crippen MR) is 147 cm³/mol. The highest BCUT2D eigenvalue weighted by Gasteiger charge is 2.39. The van der Waals surface area contributed by atoms with Crippen LogP contribution in [-0.4, -0.2) is 75.6 Å². The molecule has 0 aliphatic carbocycles. The van der Waals surface area contributed by atoms with E-state index in [1.165, 1.54) is 14.2 Å². The van der Waals surface area contributed by atoms with Crippen LogP contribution in [0.3, 0.4) is 0 Å². The van der Waals surface area contributed by atoms with Crippen LogP contribution < -0.4 is 5.73 Å².